The number of ether oxygens (including phenoxy) is 2. The summed E-state index contributed by atoms with van der Waals surface area (Å²) < 4.78 is 11.5. The lowest BCUT2D eigenvalue weighted by molar-refractivity contribution is 0.211. The predicted octanol–water partition coefficient (Wildman–Crippen LogP) is 3.24. The molecule has 1 heterocycles. The van der Waals surface area contributed by atoms with Crippen molar-refractivity contribution >= 4 is 0 Å². The van der Waals surface area contributed by atoms with Gasteiger partial charge in [-0.2, -0.15) is 9.97 Å². The van der Waals surface area contributed by atoms with Crippen LogP contribution >= 0.6 is 0 Å². The molecule has 0 radical (unpaired) electrons. The van der Waals surface area contributed by atoms with Gasteiger partial charge in [0.1, 0.15) is 5.82 Å². The summed E-state index contributed by atoms with van der Waals surface area (Å²) in [6, 6.07) is 0. The summed E-state index contributed by atoms with van der Waals surface area (Å²) in [6.45, 7) is 9.96. The summed E-state index contributed by atoms with van der Waals surface area (Å²) in [7, 11) is 0. The summed E-state index contributed by atoms with van der Waals surface area (Å²) >= 11 is 0. The van der Waals surface area contributed by atoms with Gasteiger partial charge in [-0.3, -0.25) is 0 Å². The third-order valence-corrected chi connectivity index (χ3v) is 2.71. The SMILES string of the molecule is Cc1c(OC(C)C)nc(C2CC2)nc1OC(C)C. The first-order chi connectivity index (χ1) is 8.47. The highest BCUT2D eigenvalue weighted by molar-refractivity contribution is 5.35. The molecule has 4 nitrogen and oxygen atoms in total. The average Bonchev–Trinajstić information content (AvgIpc) is 3.05. The van der Waals surface area contributed by atoms with Gasteiger partial charge in [0.25, 0.3) is 0 Å². The Morgan fingerprint density at radius 2 is 1.39 bits per heavy atom. The van der Waals surface area contributed by atoms with Gasteiger partial charge in [0.15, 0.2) is 0 Å². The molecule has 0 saturated heterocycles. The van der Waals surface area contributed by atoms with E-state index in [9.17, 15) is 0 Å². The fourth-order valence-corrected chi connectivity index (χ4v) is 1.69. The molecule has 0 aliphatic heterocycles. The molecule has 0 unspecified atom stereocenters. The van der Waals surface area contributed by atoms with Gasteiger partial charge in [-0.05, 0) is 47.5 Å². The van der Waals surface area contributed by atoms with Crippen LogP contribution in [0.3, 0.4) is 0 Å². The van der Waals surface area contributed by atoms with E-state index in [1.54, 1.807) is 0 Å². The van der Waals surface area contributed by atoms with E-state index in [1.165, 1.54) is 12.8 Å². The van der Waals surface area contributed by atoms with Crippen LogP contribution in [-0.4, -0.2) is 22.2 Å². The van der Waals surface area contributed by atoms with Gasteiger partial charge < -0.3 is 9.47 Å². The highest BCUT2D eigenvalue weighted by atomic mass is 16.5. The Morgan fingerprint density at radius 3 is 1.72 bits per heavy atom. The van der Waals surface area contributed by atoms with Crippen LogP contribution in [0.5, 0.6) is 11.8 Å². The number of hydrogen-bond acceptors (Lipinski definition) is 4. The van der Waals surface area contributed by atoms with E-state index in [0.29, 0.717) is 17.7 Å². The Hall–Kier alpha value is -1.32. The molecule has 100 valence electrons. The first-order valence-corrected chi connectivity index (χ1v) is 6.69. The van der Waals surface area contributed by atoms with Crippen LogP contribution in [0.2, 0.25) is 0 Å². The molecular weight excluding hydrogens is 228 g/mol. The lowest BCUT2D eigenvalue weighted by Crippen LogP contribution is -2.14. The Kier molecular flexibility index (Phi) is 3.73. The Bertz CT molecular complexity index is 395. The van der Waals surface area contributed by atoms with E-state index < -0.39 is 0 Å². The van der Waals surface area contributed by atoms with Crippen molar-refractivity contribution < 1.29 is 9.47 Å². The fourth-order valence-electron chi connectivity index (χ4n) is 1.69. The van der Waals surface area contributed by atoms with Crippen LogP contribution < -0.4 is 9.47 Å². The third-order valence-electron chi connectivity index (χ3n) is 2.71. The molecule has 1 saturated carbocycles. The van der Waals surface area contributed by atoms with Gasteiger partial charge in [0.2, 0.25) is 11.8 Å². The molecule has 2 rings (SSSR count). The summed E-state index contributed by atoms with van der Waals surface area (Å²) in [6.07, 6.45) is 2.56. The van der Waals surface area contributed by atoms with Crippen molar-refractivity contribution in [3.63, 3.8) is 0 Å². The van der Waals surface area contributed by atoms with Crippen LogP contribution in [0.25, 0.3) is 0 Å². The molecule has 18 heavy (non-hydrogen) atoms. The molecule has 0 spiro atoms. The average molecular weight is 250 g/mol. The topological polar surface area (TPSA) is 44.2 Å². The van der Waals surface area contributed by atoms with E-state index >= 15 is 0 Å². The van der Waals surface area contributed by atoms with E-state index in [-0.39, 0.29) is 12.2 Å². The zero-order valence-corrected chi connectivity index (χ0v) is 11.9. The number of hydrogen-bond donors (Lipinski definition) is 0. The second-order valence-corrected chi connectivity index (χ2v) is 5.42. The summed E-state index contributed by atoms with van der Waals surface area (Å²) in [5.74, 6) is 2.69. The van der Waals surface area contributed by atoms with Crippen LogP contribution in [-0.2, 0) is 0 Å². The van der Waals surface area contributed by atoms with Crippen LogP contribution in [0, 0.1) is 6.92 Å². The standard InChI is InChI=1S/C14H22N2O2/c1-8(2)17-13-10(5)14(18-9(3)4)16-12(15-13)11-6-7-11/h8-9,11H,6-7H2,1-5H3. The quantitative estimate of drug-likeness (QED) is 0.804. The van der Waals surface area contributed by atoms with Crippen molar-refractivity contribution in [2.24, 2.45) is 0 Å². The highest BCUT2D eigenvalue weighted by Crippen LogP contribution is 2.40. The fraction of sp³-hybridized carbons (Fsp3) is 0.714. The lowest BCUT2D eigenvalue weighted by Gasteiger charge is -2.17. The summed E-state index contributed by atoms with van der Waals surface area (Å²) in [4.78, 5) is 9.06. The summed E-state index contributed by atoms with van der Waals surface area (Å²) in [5, 5.41) is 0. The van der Waals surface area contributed by atoms with Gasteiger partial charge in [-0.15, -0.1) is 0 Å². The Morgan fingerprint density at radius 1 is 0.944 bits per heavy atom. The molecule has 1 aromatic heterocycles. The molecule has 0 atom stereocenters. The van der Waals surface area contributed by atoms with Crippen LogP contribution in [0.4, 0.5) is 0 Å². The monoisotopic (exact) mass is 250 g/mol. The zero-order chi connectivity index (χ0) is 13.3. The lowest BCUT2D eigenvalue weighted by atomic mass is 10.3. The molecule has 0 N–H and O–H groups in total. The molecule has 1 aromatic rings. The zero-order valence-electron chi connectivity index (χ0n) is 11.9. The normalized spacial score (nSPS) is 15.3. The molecule has 0 aromatic carbocycles. The first-order valence-electron chi connectivity index (χ1n) is 6.69. The predicted molar refractivity (Wildman–Crippen MR) is 70.3 cm³/mol. The first kappa shape index (κ1) is 13.1. The molecule has 1 aliphatic carbocycles. The smallest absolute Gasteiger partial charge is 0.223 e. The maximum Gasteiger partial charge on any atom is 0.223 e. The number of rotatable bonds is 5. The van der Waals surface area contributed by atoms with E-state index in [0.717, 1.165) is 11.4 Å². The Balaban J connectivity index is 2.34. The van der Waals surface area contributed by atoms with Crippen molar-refractivity contribution in [3.8, 4) is 11.8 Å². The summed E-state index contributed by atoms with van der Waals surface area (Å²) in [5.41, 5.74) is 0.891. The van der Waals surface area contributed by atoms with Gasteiger partial charge in [-0.1, -0.05) is 0 Å². The molecular formula is C14H22N2O2. The largest absolute Gasteiger partial charge is 0.475 e. The van der Waals surface area contributed by atoms with Gasteiger partial charge in [0.05, 0.1) is 17.8 Å². The van der Waals surface area contributed by atoms with Crippen molar-refractivity contribution in [1.82, 2.24) is 9.97 Å². The van der Waals surface area contributed by atoms with E-state index in [1.807, 2.05) is 34.6 Å². The third kappa shape index (κ3) is 3.12. The van der Waals surface area contributed by atoms with Crippen LogP contribution in [0.15, 0.2) is 0 Å². The molecule has 0 bridgehead atoms. The minimum Gasteiger partial charge on any atom is -0.475 e. The molecule has 4 heteroatoms. The second kappa shape index (κ2) is 5.12. The number of nitrogens with zero attached hydrogens (tertiary/aromatic N) is 2. The van der Waals surface area contributed by atoms with Gasteiger partial charge >= 0.3 is 0 Å². The van der Waals surface area contributed by atoms with Gasteiger partial charge in [-0.25, -0.2) is 0 Å². The van der Waals surface area contributed by atoms with Crippen molar-refractivity contribution in [2.75, 3.05) is 0 Å². The van der Waals surface area contributed by atoms with Crippen LogP contribution in [0.1, 0.15) is 57.8 Å². The van der Waals surface area contributed by atoms with Gasteiger partial charge in [0, 0.05) is 5.92 Å². The minimum atomic E-state index is 0.109. The van der Waals surface area contributed by atoms with Crippen molar-refractivity contribution in [3.05, 3.63) is 11.4 Å². The maximum atomic E-state index is 5.75. The molecule has 0 amide bonds. The Labute approximate surface area is 109 Å². The van der Waals surface area contributed by atoms with E-state index in [2.05, 4.69) is 9.97 Å². The molecule has 1 fully saturated rings. The number of aromatic nitrogens is 2. The van der Waals surface area contributed by atoms with E-state index in [4.69, 9.17) is 9.47 Å². The second-order valence-electron chi connectivity index (χ2n) is 5.42. The highest BCUT2D eigenvalue weighted by Gasteiger charge is 2.29. The van der Waals surface area contributed by atoms with Crippen molar-refractivity contribution in [2.45, 2.75) is 65.6 Å². The van der Waals surface area contributed by atoms with Crippen molar-refractivity contribution in [1.29, 1.82) is 0 Å². The minimum absolute atomic E-state index is 0.109. The maximum absolute atomic E-state index is 5.75. The molecule has 1 aliphatic rings.